The Bertz CT molecular complexity index is 1070. The first-order valence-corrected chi connectivity index (χ1v) is 10.1. The molecule has 1 N–H and O–H groups in total. The number of nitrogens with one attached hydrogen (secondary N) is 1. The Balaban J connectivity index is 1.44. The molecular weight excluding hydrogens is 362 g/mol. The molecule has 1 aliphatic heterocycles. The Morgan fingerprint density at radius 2 is 1.66 bits per heavy atom. The minimum Gasteiger partial charge on any atom is -0.354 e. The Labute approximate surface area is 171 Å². The van der Waals surface area contributed by atoms with Gasteiger partial charge in [-0.25, -0.2) is 0 Å². The first-order valence-electron chi connectivity index (χ1n) is 10.1. The van der Waals surface area contributed by atoms with Gasteiger partial charge in [-0.3, -0.25) is 14.5 Å². The van der Waals surface area contributed by atoms with E-state index in [2.05, 4.69) is 52.3 Å². The van der Waals surface area contributed by atoms with Gasteiger partial charge in [-0.15, -0.1) is 0 Å². The van der Waals surface area contributed by atoms with Crippen LogP contribution in [0.2, 0.25) is 0 Å². The van der Waals surface area contributed by atoms with Gasteiger partial charge < -0.3 is 9.88 Å². The van der Waals surface area contributed by atoms with Gasteiger partial charge in [0.25, 0.3) is 5.91 Å². The number of Topliss-reactive ketones (excluding diaryl/α,β-unsaturated/α-hetero) is 1. The predicted molar refractivity (Wildman–Crippen MR) is 115 cm³/mol. The van der Waals surface area contributed by atoms with Crippen molar-refractivity contribution >= 4 is 22.5 Å². The number of rotatable bonds is 4. The van der Waals surface area contributed by atoms with Crippen LogP contribution in [0.5, 0.6) is 0 Å². The maximum atomic E-state index is 13.0. The fourth-order valence-electron chi connectivity index (χ4n) is 4.43. The average molecular weight is 389 g/mol. The number of carbonyl (C=O) groups is 2. The molecule has 0 unspecified atom stereocenters. The van der Waals surface area contributed by atoms with Gasteiger partial charge in [0.2, 0.25) is 0 Å². The molecule has 5 heteroatoms. The molecule has 0 spiro atoms. The number of fused-ring (bicyclic) bond motifs is 1. The van der Waals surface area contributed by atoms with E-state index in [1.54, 1.807) is 6.92 Å². The highest BCUT2D eigenvalue weighted by atomic mass is 16.2. The van der Waals surface area contributed by atoms with Crippen LogP contribution in [0.25, 0.3) is 10.8 Å². The zero-order valence-electron chi connectivity index (χ0n) is 17.3. The molecule has 5 nitrogen and oxygen atoms in total. The van der Waals surface area contributed by atoms with Crippen LogP contribution in [0.15, 0.2) is 42.5 Å². The molecule has 0 saturated carbocycles. The minimum atomic E-state index is -0.0112. The molecule has 3 aromatic rings. The summed E-state index contributed by atoms with van der Waals surface area (Å²) in [6.07, 6.45) is 0. The number of benzene rings is 2. The number of aryl methyl sites for hydroxylation is 1. The van der Waals surface area contributed by atoms with Gasteiger partial charge in [-0.1, -0.05) is 42.5 Å². The van der Waals surface area contributed by atoms with Crippen molar-refractivity contribution in [2.75, 3.05) is 26.2 Å². The molecule has 1 aromatic heterocycles. The Morgan fingerprint density at radius 3 is 2.34 bits per heavy atom. The molecule has 1 aliphatic rings. The van der Waals surface area contributed by atoms with E-state index in [1.165, 1.54) is 16.3 Å². The average Bonchev–Trinajstić information content (AvgIpc) is 3.02. The fraction of sp³-hybridized carbons (Fsp3) is 0.333. The van der Waals surface area contributed by atoms with E-state index < -0.39 is 0 Å². The summed E-state index contributed by atoms with van der Waals surface area (Å²) >= 11 is 0. The van der Waals surface area contributed by atoms with Crippen LogP contribution in [0.1, 0.15) is 44.6 Å². The van der Waals surface area contributed by atoms with Crippen LogP contribution < -0.4 is 0 Å². The second-order valence-corrected chi connectivity index (χ2v) is 7.89. The van der Waals surface area contributed by atoms with Gasteiger partial charge in [0.15, 0.2) is 5.78 Å². The summed E-state index contributed by atoms with van der Waals surface area (Å²) < 4.78 is 0. The Kier molecular flexibility index (Phi) is 5.24. The molecule has 2 heterocycles. The summed E-state index contributed by atoms with van der Waals surface area (Å²) in [6.45, 7) is 9.20. The third kappa shape index (κ3) is 3.70. The normalized spacial score (nSPS) is 15.1. The number of piperazine rings is 1. The van der Waals surface area contributed by atoms with E-state index in [0.29, 0.717) is 24.3 Å². The summed E-state index contributed by atoms with van der Waals surface area (Å²) in [5, 5.41) is 2.56. The highest BCUT2D eigenvalue weighted by Crippen LogP contribution is 2.22. The van der Waals surface area contributed by atoms with Crippen molar-refractivity contribution in [3.63, 3.8) is 0 Å². The monoisotopic (exact) mass is 389 g/mol. The third-order valence-electron chi connectivity index (χ3n) is 5.94. The smallest absolute Gasteiger partial charge is 0.270 e. The third-order valence-corrected chi connectivity index (χ3v) is 5.94. The molecule has 150 valence electrons. The molecule has 1 saturated heterocycles. The van der Waals surface area contributed by atoms with Crippen molar-refractivity contribution in [2.24, 2.45) is 0 Å². The van der Waals surface area contributed by atoms with Gasteiger partial charge in [0, 0.05) is 44.0 Å². The van der Waals surface area contributed by atoms with E-state index in [1.807, 2.05) is 18.7 Å². The molecule has 1 fully saturated rings. The lowest BCUT2D eigenvalue weighted by Crippen LogP contribution is -2.48. The minimum absolute atomic E-state index is 0.00444. The molecule has 0 aliphatic carbocycles. The van der Waals surface area contributed by atoms with E-state index in [-0.39, 0.29) is 11.7 Å². The zero-order valence-corrected chi connectivity index (χ0v) is 17.3. The molecule has 0 radical (unpaired) electrons. The highest BCUT2D eigenvalue weighted by Gasteiger charge is 2.26. The summed E-state index contributed by atoms with van der Waals surface area (Å²) in [5.74, 6) is -0.0156. The highest BCUT2D eigenvalue weighted by molar-refractivity contribution is 6.02. The number of aromatic nitrogens is 1. The number of carbonyl (C=O) groups excluding carboxylic acids is 2. The van der Waals surface area contributed by atoms with Crippen LogP contribution in [-0.4, -0.2) is 52.7 Å². The van der Waals surface area contributed by atoms with Crippen molar-refractivity contribution in [3.8, 4) is 0 Å². The lowest BCUT2D eigenvalue weighted by atomic mass is 10.0. The van der Waals surface area contributed by atoms with Gasteiger partial charge in [0.05, 0.1) is 0 Å². The molecule has 1 amide bonds. The standard InChI is InChI=1S/C24H27N3O2/c1-16-22(18(3)28)17(2)25-23(16)24(29)27-13-11-26(12-14-27)15-20-9-6-8-19-7-4-5-10-21(19)20/h4-10,25H,11-15H2,1-3H3. The second kappa shape index (κ2) is 7.84. The maximum absolute atomic E-state index is 13.0. The van der Waals surface area contributed by atoms with Crippen LogP contribution >= 0.6 is 0 Å². The zero-order chi connectivity index (χ0) is 20.5. The topological polar surface area (TPSA) is 56.4 Å². The SMILES string of the molecule is CC(=O)c1c(C)[nH]c(C(=O)N2CCN(Cc3cccc4ccccc34)CC2)c1C. The fourth-order valence-corrected chi connectivity index (χ4v) is 4.43. The quantitative estimate of drug-likeness (QED) is 0.688. The lowest BCUT2D eigenvalue weighted by Gasteiger charge is -2.35. The number of hydrogen-bond donors (Lipinski definition) is 1. The van der Waals surface area contributed by atoms with E-state index >= 15 is 0 Å². The molecule has 2 aromatic carbocycles. The van der Waals surface area contributed by atoms with Crippen LogP contribution in [0, 0.1) is 13.8 Å². The first kappa shape index (κ1) is 19.4. The number of hydrogen-bond acceptors (Lipinski definition) is 3. The number of aromatic amines is 1. The van der Waals surface area contributed by atoms with Gasteiger partial charge in [-0.05, 0) is 42.7 Å². The number of H-pyrrole nitrogens is 1. The van der Waals surface area contributed by atoms with Crippen LogP contribution in [0.4, 0.5) is 0 Å². The van der Waals surface area contributed by atoms with Crippen molar-refractivity contribution in [1.82, 2.24) is 14.8 Å². The second-order valence-electron chi connectivity index (χ2n) is 7.89. The summed E-state index contributed by atoms with van der Waals surface area (Å²) in [4.78, 5) is 32.3. The summed E-state index contributed by atoms with van der Waals surface area (Å²) in [5.41, 5.74) is 4.05. The number of ketones is 1. The number of amides is 1. The van der Waals surface area contributed by atoms with Gasteiger partial charge >= 0.3 is 0 Å². The van der Waals surface area contributed by atoms with Crippen molar-refractivity contribution in [1.29, 1.82) is 0 Å². The molecule has 29 heavy (non-hydrogen) atoms. The maximum Gasteiger partial charge on any atom is 0.270 e. The van der Waals surface area contributed by atoms with Crippen molar-refractivity contribution in [2.45, 2.75) is 27.3 Å². The summed E-state index contributed by atoms with van der Waals surface area (Å²) in [6, 6.07) is 14.9. The molecular formula is C24H27N3O2. The molecule has 0 bridgehead atoms. The predicted octanol–water partition coefficient (Wildman–Crippen LogP) is 3.95. The summed E-state index contributed by atoms with van der Waals surface area (Å²) in [7, 11) is 0. The number of nitrogens with zero attached hydrogens (tertiary/aromatic N) is 2. The largest absolute Gasteiger partial charge is 0.354 e. The van der Waals surface area contributed by atoms with Crippen molar-refractivity contribution < 1.29 is 9.59 Å². The molecule has 4 rings (SSSR count). The first-order chi connectivity index (χ1) is 14.0. The van der Waals surface area contributed by atoms with Gasteiger partial charge in [0.1, 0.15) is 5.69 Å². The van der Waals surface area contributed by atoms with Crippen LogP contribution in [-0.2, 0) is 6.54 Å². The lowest BCUT2D eigenvalue weighted by molar-refractivity contribution is 0.0623. The van der Waals surface area contributed by atoms with E-state index in [9.17, 15) is 9.59 Å². The van der Waals surface area contributed by atoms with Crippen LogP contribution in [0.3, 0.4) is 0 Å². The van der Waals surface area contributed by atoms with Gasteiger partial charge in [-0.2, -0.15) is 0 Å². The van der Waals surface area contributed by atoms with Crippen molar-refractivity contribution in [3.05, 3.63) is 70.5 Å². The van der Waals surface area contributed by atoms with E-state index in [0.717, 1.165) is 30.9 Å². The van der Waals surface area contributed by atoms with E-state index in [4.69, 9.17) is 0 Å². The Hall–Kier alpha value is -2.92. The molecule has 0 atom stereocenters. The Morgan fingerprint density at radius 1 is 0.966 bits per heavy atom.